The van der Waals surface area contributed by atoms with E-state index in [1.54, 1.807) is 12.1 Å². The first-order chi connectivity index (χ1) is 9.04. The lowest BCUT2D eigenvalue weighted by Crippen LogP contribution is -2.16. The van der Waals surface area contributed by atoms with Crippen molar-refractivity contribution in [2.24, 2.45) is 0 Å². The third-order valence-corrected chi connectivity index (χ3v) is 3.70. The third-order valence-electron chi connectivity index (χ3n) is 2.64. The quantitative estimate of drug-likeness (QED) is 0.913. The van der Waals surface area contributed by atoms with E-state index in [2.05, 4.69) is 0 Å². The molecule has 0 amide bonds. The Hall–Kier alpha value is -1.72. The Labute approximate surface area is 114 Å². The summed E-state index contributed by atoms with van der Waals surface area (Å²) in [6, 6.07) is 9.91. The maximum atomic E-state index is 13.1. The highest BCUT2D eigenvalue weighted by molar-refractivity contribution is 7.13. The molecule has 1 N–H and O–H groups in total. The summed E-state index contributed by atoms with van der Waals surface area (Å²) in [6.45, 7) is 1.27. The molecule has 0 aliphatic rings. The molecule has 0 bridgehead atoms. The Balaban J connectivity index is 1.97. The number of nitrogens with zero attached hydrogens (tertiary/aromatic N) is 1. The lowest BCUT2D eigenvalue weighted by Gasteiger charge is -2.15. The Morgan fingerprint density at radius 2 is 2.11 bits per heavy atom. The van der Waals surface area contributed by atoms with E-state index in [-0.39, 0.29) is 5.82 Å². The molecular formula is C14H14FNO2S. The zero-order valence-electron chi connectivity index (χ0n) is 10.5. The fourth-order valence-electron chi connectivity index (χ4n) is 1.85. The molecule has 0 radical (unpaired) electrons. The monoisotopic (exact) mass is 279 g/mol. The molecule has 0 saturated carbocycles. The number of hydrogen-bond donors (Lipinski definition) is 1. The van der Waals surface area contributed by atoms with E-state index in [1.807, 2.05) is 24.1 Å². The molecular weight excluding hydrogens is 265 g/mol. The maximum absolute atomic E-state index is 13.1. The van der Waals surface area contributed by atoms with Crippen molar-refractivity contribution in [1.29, 1.82) is 0 Å². The molecule has 5 heteroatoms. The molecule has 2 rings (SSSR count). The summed E-state index contributed by atoms with van der Waals surface area (Å²) in [4.78, 5) is 14.1. The standard InChI is InChI=1S/C14H14FNO2S/c1-16(8-10-3-2-4-11(15)7-10)9-12-5-6-13(19-12)14(17)18/h2-7H,8-9H2,1H3,(H,17,18). The zero-order valence-corrected chi connectivity index (χ0v) is 11.3. The van der Waals surface area contributed by atoms with E-state index in [9.17, 15) is 9.18 Å². The Morgan fingerprint density at radius 1 is 1.32 bits per heavy atom. The number of benzene rings is 1. The average molecular weight is 279 g/mol. The summed E-state index contributed by atoms with van der Waals surface area (Å²) in [5.41, 5.74) is 0.900. The highest BCUT2D eigenvalue weighted by Crippen LogP contribution is 2.18. The van der Waals surface area contributed by atoms with Crippen LogP contribution in [0.1, 0.15) is 20.1 Å². The second-order valence-corrected chi connectivity index (χ2v) is 5.54. The Morgan fingerprint density at radius 3 is 2.74 bits per heavy atom. The van der Waals surface area contributed by atoms with Crippen LogP contribution in [0, 0.1) is 5.82 Å². The van der Waals surface area contributed by atoms with Gasteiger partial charge in [-0.15, -0.1) is 11.3 Å². The number of rotatable bonds is 5. The van der Waals surface area contributed by atoms with E-state index in [0.717, 1.165) is 10.4 Å². The van der Waals surface area contributed by atoms with Crippen LogP contribution in [0.4, 0.5) is 4.39 Å². The second-order valence-electron chi connectivity index (χ2n) is 4.37. The Bertz CT molecular complexity index is 582. The van der Waals surface area contributed by atoms with E-state index >= 15 is 0 Å². The summed E-state index contributed by atoms with van der Waals surface area (Å²) < 4.78 is 13.1. The van der Waals surface area contributed by atoms with Gasteiger partial charge in [0.15, 0.2) is 0 Å². The van der Waals surface area contributed by atoms with Crippen molar-refractivity contribution in [3.05, 3.63) is 57.5 Å². The maximum Gasteiger partial charge on any atom is 0.345 e. The molecule has 0 aliphatic carbocycles. The van der Waals surface area contributed by atoms with Gasteiger partial charge in [0.05, 0.1) is 0 Å². The van der Waals surface area contributed by atoms with Gasteiger partial charge in [-0.25, -0.2) is 9.18 Å². The largest absolute Gasteiger partial charge is 0.477 e. The van der Waals surface area contributed by atoms with Gasteiger partial charge in [0.1, 0.15) is 10.7 Å². The van der Waals surface area contributed by atoms with Gasteiger partial charge in [0.25, 0.3) is 0 Å². The minimum Gasteiger partial charge on any atom is -0.477 e. The summed E-state index contributed by atoms with van der Waals surface area (Å²) in [6.07, 6.45) is 0. The lowest BCUT2D eigenvalue weighted by atomic mass is 10.2. The highest BCUT2D eigenvalue weighted by atomic mass is 32.1. The number of halogens is 1. The number of carboxylic acids is 1. The van der Waals surface area contributed by atoms with Crippen molar-refractivity contribution in [3.63, 3.8) is 0 Å². The first-order valence-electron chi connectivity index (χ1n) is 5.79. The van der Waals surface area contributed by atoms with Crippen LogP contribution in [0.2, 0.25) is 0 Å². The second kappa shape index (κ2) is 5.95. The predicted octanol–water partition coefficient (Wildman–Crippen LogP) is 3.22. The number of thiophene rings is 1. The van der Waals surface area contributed by atoms with E-state index in [1.165, 1.54) is 23.5 Å². The number of aromatic carboxylic acids is 1. The molecule has 1 aromatic carbocycles. The zero-order chi connectivity index (χ0) is 13.8. The summed E-state index contributed by atoms with van der Waals surface area (Å²) in [5.74, 6) is -1.14. The first-order valence-corrected chi connectivity index (χ1v) is 6.61. The van der Waals surface area contributed by atoms with Crippen molar-refractivity contribution in [3.8, 4) is 0 Å². The topological polar surface area (TPSA) is 40.5 Å². The summed E-state index contributed by atoms with van der Waals surface area (Å²) >= 11 is 1.27. The smallest absolute Gasteiger partial charge is 0.345 e. The summed E-state index contributed by atoms with van der Waals surface area (Å²) in [5, 5.41) is 8.85. The number of carboxylic acid groups (broad SMARTS) is 1. The fraction of sp³-hybridized carbons (Fsp3) is 0.214. The minimum atomic E-state index is -0.899. The van der Waals surface area contributed by atoms with Gasteiger partial charge in [0.2, 0.25) is 0 Å². The first kappa shape index (κ1) is 13.7. The van der Waals surface area contributed by atoms with Crippen LogP contribution in [0.3, 0.4) is 0 Å². The average Bonchev–Trinajstić information content (AvgIpc) is 2.77. The van der Waals surface area contributed by atoms with Gasteiger partial charge < -0.3 is 5.11 Å². The molecule has 0 fully saturated rings. The molecule has 0 saturated heterocycles. The van der Waals surface area contributed by atoms with Gasteiger partial charge in [-0.1, -0.05) is 12.1 Å². The van der Waals surface area contributed by atoms with Crippen LogP contribution < -0.4 is 0 Å². The van der Waals surface area contributed by atoms with Gasteiger partial charge in [-0.05, 0) is 36.9 Å². The molecule has 0 aliphatic heterocycles. The van der Waals surface area contributed by atoms with Crippen molar-refractivity contribution < 1.29 is 14.3 Å². The van der Waals surface area contributed by atoms with Gasteiger partial charge in [-0.3, -0.25) is 4.90 Å². The van der Waals surface area contributed by atoms with Crippen molar-refractivity contribution in [2.45, 2.75) is 13.1 Å². The molecule has 100 valence electrons. The molecule has 0 unspecified atom stereocenters. The fourth-order valence-corrected chi connectivity index (χ4v) is 2.77. The van der Waals surface area contributed by atoms with Gasteiger partial charge in [-0.2, -0.15) is 0 Å². The highest BCUT2D eigenvalue weighted by Gasteiger charge is 2.09. The predicted molar refractivity (Wildman–Crippen MR) is 72.8 cm³/mol. The minimum absolute atomic E-state index is 0.241. The summed E-state index contributed by atoms with van der Waals surface area (Å²) in [7, 11) is 1.92. The van der Waals surface area contributed by atoms with Crippen molar-refractivity contribution in [1.82, 2.24) is 4.90 Å². The lowest BCUT2D eigenvalue weighted by molar-refractivity contribution is 0.0702. The van der Waals surface area contributed by atoms with Crippen LogP contribution in [0.5, 0.6) is 0 Å². The van der Waals surface area contributed by atoms with Crippen molar-refractivity contribution >= 4 is 17.3 Å². The molecule has 3 nitrogen and oxygen atoms in total. The normalized spacial score (nSPS) is 10.9. The van der Waals surface area contributed by atoms with Crippen molar-refractivity contribution in [2.75, 3.05) is 7.05 Å². The van der Waals surface area contributed by atoms with Crippen LogP contribution in [0.25, 0.3) is 0 Å². The molecule has 0 atom stereocenters. The third kappa shape index (κ3) is 3.87. The van der Waals surface area contributed by atoms with E-state index in [4.69, 9.17) is 5.11 Å². The van der Waals surface area contributed by atoms with Gasteiger partial charge in [0, 0.05) is 18.0 Å². The van der Waals surface area contributed by atoms with Crippen LogP contribution in [-0.4, -0.2) is 23.0 Å². The molecule has 19 heavy (non-hydrogen) atoms. The van der Waals surface area contributed by atoms with E-state index in [0.29, 0.717) is 18.0 Å². The number of carbonyl (C=O) groups is 1. The number of hydrogen-bond acceptors (Lipinski definition) is 3. The SMILES string of the molecule is CN(Cc1cccc(F)c1)Cc1ccc(C(=O)O)s1. The van der Waals surface area contributed by atoms with E-state index < -0.39 is 5.97 Å². The van der Waals surface area contributed by atoms with Gasteiger partial charge >= 0.3 is 5.97 Å². The molecule has 1 heterocycles. The Kier molecular flexibility index (Phi) is 4.29. The van der Waals surface area contributed by atoms with Crippen LogP contribution in [0.15, 0.2) is 36.4 Å². The van der Waals surface area contributed by atoms with Crippen LogP contribution in [-0.2, 0) is 13.1 Å². The van der Waals surface area contributed by atoms with Crippen LogP contribution >= 0.6 is 11.3 Å². The molecule has 0 spiro atoms. The molecule has 2 aromatic rings. The molecule has 1 aromatic heterocycles.